The van der Waals surface area contributed by atoms with Crippen LogP contribution in [0.15, 0.2) is 16.3 Å². The Kier molecular flexibility index (Phi) is 4.48. The number of hydrogen-bond donors (Lipinski definition) is 2. The molecule has 2 atom stereocenters. The number of hydrogen-bond acceptors (Lipinski definition) is 5. The van der Waals surface area contributed by atoms with Crippen LogP contribution in [0.4, 0.5) is 0 Å². The molecule has 1 aliphatic rings. The number of aliphatic hydroxyl groups excluding tert-OH is 1. The van der Waals surface area contributed by atoms with E-state index in [2.05, 4.69) is 0 Å². The van der Waals surface area contributed by atoms with Crippen LogP contribution < -0.4 is 0 Å². The molecule has 0 aliphatic carbocycles. The van der Waals surface area contributed by atoms with Gasteiger partial charge >= 0.3 is 5.97 Å². The first kappa shape index (κ1) is 15.4. The van der Waals surface area contributed by atoms with E-state index in [9.17, 15) is 18.3 Å². The summed E-state index contributed by atoms with van der Waals surface area (Å²) in [5.74, 6) is -0.898. The summed E-state index contributed by atoms with van der Waals surface area (Å²) in [4.78, 5) is 11.1. The van der Waals surface area contributed by atoms with Gasteiger partial charge in [-0.3, -0.25) is 4.79 Å². The third-order valence-corrected chi connectivity index (χ3v) is 6.86. The topological polar surface area (TPSA) is 94.9 Å². The van der Waals surface area contributed by atoms with Gasteiger partial charge in [-0.1, -0.05) is 6.92 Å². The largest absolute Gasteiger partial charge is 0.481 e. The maximum Gasteiger partial charge on any atom is 0.308 e. The van der Waals surface area contributed by atoms with Gasteiger partial charge in [0, 0.05) is 18.0 Å². The van der Waals surface area contributed by atoms with Crippen LogP contribution in [0, 0.1) is 5.92 Å². The Labute approximate surface area is 121 Å². The summed E-state index contributed by atoms with van der Waals surface area (Å²) in [6.07, 6.45) is -0.217. The number of thiophene rings is 1. The van der Waals surface area contributed by atoms with E-state index in [1.807, 2.05) is 6.92 Å². The predicted octanol–water partition coefficient (Wildman–Crippen LogP) is 0.767. The molecular weight excluding hydrogens is 302 g/mol. The zero-order valence-corrected chi connectivity index (χ0v) is 12.7. The van der Waals surface area contributed by atoms with Crippen molar-refractivity contribution in [2.75, 3.05) is 13.1 Å². The van der Waals surface area contributed by atoms with E-state index in [0.717, 1.165) is 11.3 Å². The Morgan fingerprint density at radius 3 is 2.80 bits per heavy atom. The monoisotopic (exact) mass is 319 g/mol. The fraction of sp³-hybridized carbons (Fsp3) is 0.583. The average molecular weight is 319 g/mol. The Morgan fingerprint density at radius 2 is 2.20 bits per heavy atom. The SMILES string of the molecule is CC1CCN(S(=O)(=O)c2ccc(CC(=O)O)s2)CC1O. The van der Waals surface area contributed by atoms with Crippen LogP contribution in [0.2, 0.25) is 0 Å². The van der Waals surface area contributed by atoms with Crippen LogP contribution in [0.25, 0.3) is 0 Å². The zero-order chi connectivity index (χ0) is 14.9. The molecule has 0 amide bonds. The highest BCUT2D eigenvalue weighted by molar-refractivity contribution is 7.91. The zero-order valence-electron chi connectivity index (χ0n) is 11.0. The molecule has 8 heteroatoms. The van der Waals surface area contributed by atoms with Gasteiger partial charge in [0.05, 0.1) is 12.5 Å². The summed E-state index contributed by atoms with van der Waals surface area (Å²) in [5.41, 5.74) is 0. The highest BCUT2D eigenvalue weighted by atomic mass is 32.2. The van der Waals surface area contributed by atoms with Crippen molar-refractivity contribution < 1.29 is 23.4 Å². The van der Waals surface area contributed by atoms with Gasteiger partial charge in [-0.25, -0.2) is 8.42 Å². The van der Waals surface area contributed by atoms with E-state index in [0.29, 0.717) is 17.8 Å². The standard InChI is InChI=1S/C12H17NO5S2/c1-8-4-5-13(7-10(8)14)20(17,18)12-3-2-9(19-12)6-11(15)16/h2-3,8,10,14H,4-7H2,1H3,(H,15,16). The molecule has 1 aliphatic heterocycles. The Hall–Kier alpha value is -0.960. The van der Waals surface area contributed by atoms with Gasteiger partial charge in [0.1, 0.15) is 4.21 Å². The van der Waals surface area contributed by atoms with Crippen LogP contribution >= 0.6 is 11.3 Å². The molecule has 0 spiro atoms. The number of piperidine rings is 1. The van der Waals surface area contributed by atoms with Crippen molar-refractivity contribution >= 4 is 27.3 Å². The number of β-amino-alcohol motifs (C(OH)–C–C–N with tert-alkyl or cyclic N) is 1. The number of carbonyl (C=O) groups is 1. The molecule has 1 aromatic heterocycles. The fourth-order valence-corrected chi connectivity index (χ4v) is 5.08. The fourth-order valence-electron chi connectivity index (χ4n) is 2.11. The number of carboxylic acids is 1. The molecule has 0 bridgehead atoms. The lowest BCUT2D eigenvalue weighted by Gasteiger charge is -2.32. The number of rotatable bonds is 4. The first-order valence-electron chi connectivity index (χ1n) is 6.29. The maximum absolute atomic E-state index is 12.4. The van der Waals surface area contributed by atoms with Gasteiger partial charge in [0.25, 0.3) is 10.0 Å². The first-order valence-corrected chi connectivity index (χ1v) is 8.55. The van der Waals surface area contributed by atoms with Crippen molar-refractivity contribution in [2.24, 2.45) is 5.92 Å². The summed E-state index contributed by atoms with van der Waals surface area (Å²) in [6, 6.07) is 2.96. The third-order valence-electron chi connectivity index (χ3n) is 3.44. The second kappa shape index (κ2) is 5.80. The molecule has 0 saturated carbocycles. The van der Waals surface area contributed by atoms with Crippen molar-refractivity contribution in [3.8, 4) is 0 Å². The van der Waals surface area contributed by atoms with Crippen LogP contribution in [-0.4, -0.2) is 48.1 Å². The lowest BCUT2D eigenvalue weighted by atomic mass is 9.98. The predicted molar refractivity (Wildman–Crippen MR) is 74.2 cm³/mol. The van der Waals surface area contributed by atoms with E-state index in [1.165, 1.54) is 16.4 Å². The van der Waals surface area contributed by atoms with E-state index in [4.69, 9.17) is 5.11 Å². The Balaban J connectivity index is 2.18. The van der Waals surface area contributed by atoms with Crippen LogP contribution in [-0.2, 0) is 21.2 Å². The molecule has 1 saturated heterocycles. The Bertz CT molecular complexity index is 595. The number of sulfonamides is 1. The summed E-state index contributed by atoms with van der Waals surface area (Å²) in [5, 5.41) is 18.5. The minimum absolute atomic E-state index is 0.0901. The minimum Gasteiger partial charge on any atom is -0.481 e. The van der Waals surface area contributed by atoms with E-state index >= 15 is 0 Å². The van der Waals surface area contributed by atoms with Gasteiger partial charge in [0.15, 0.2) is 0 Å². The molecule has 2 N–H and O–H groups in total. The quantitative estimate of drug-likeness (QED) is 0.854. The van der Waals surface area contributed by atoms with Crippen molar-refractivity contribution in [3.63, 3.8) is 0 Å². The summed E-state index contributed by atoms with van der Waals surface area (Å²) < 4.78 is 26.2. The summed E-state index contributed by atoms with van der Waals surface area (Å²) in [7, 11) is -3.63. The van der Waals surface area contributed by atoms with Gasteiger partial charge in [0.2, 0.25) is 0 Å². The number of nitrogens with zero attached hydrogens (tertiary/aromatic N) is 1. The molecule has 0 radical (unpaired) electrons. The van der Waals surface area contributed by atoms with Crippen molar-refractivity contribution in [1.29, 1.82) is 0 Å². The summed E-state index contributed by atoms with van der Waals surface area (Å²) in [6.45, 7) is 2.37. The van der Waals surface area contributed by atoms with Crippen molar-refractivity contribution in [1.82, 2.24) is 4.31 Å². The second-order valence-corrected chi connectivity index (χ2v) is 8.32. The van der Waals surface area contributed by atoms with Crippen molar-refractivity contribution in [3.05, 3.63) is 17.0 Å². The number of aliphatic hydroxyl groups is 1. The van der Waals surface area contributed by atoms with E-state index in [-0.39, 0.29) is 23.1 Å². The van der Waals surface area contributed by atoms with Gasteiger partial charge in [-0.2, -0.15) is 4.31 Å². The molecule has 0 aromatic carbocycles. The molecule has 6 nitrogen and oxygen atoms in total. The lowest BCUT2D eigenvalue weighted by molar-refractivity contribution is -0.136. The molecule has 1 aromatic rings. The highest BCUT2D eigenvalue weighted by Gasteiger charge is 2.33. The lowest BCUT2D eigenvalue weighted by Crippen LogP contribution is -2.45. The van der Waals surface area contributed by atoms with Crippen molar-refractivity contribution in [2.45, 2.75) is 30.1 Å². The summed E-state index contributed by atoms with van der Waals surface area (Å²) >= 11 is 0.972. The molecule has 2 heterocycles. The first-order chi connectivity index (χ1) is 9.30. The second-order valence-electron chi connectivity index (χ2n) is 4.99. The van der Waals surface area contributed by atoms with Crippen LogP contribution in [0.5, 0.6) is 0 Å². The Morgan fingerprint density at radius 1 is 1.50 bits per heavy atom. The van der Waals surface area contributed by atoms with Crippen LogP contribution in [0.1, 0.15) is 18.2 Å². The molecule has 2 unspecified atom stereocenters. The number of carboxylic acid groups (broad SMARTS) is 1. The smallest absolute Gasteiger partial charge is 0.308 e. The normalized spacial score (nSPS) is 24.7. The molecular formula is C12H17NO5S2. The highest BCUT2D eigenvalue weighted by Crippen LogP contribution is 2.28. The van der Waals surface area contributed by atoms with Gasteiger partial charge in [-0.05, 0) is 24.5 Å². The van der Waals surface area contributed by atoms with Crippen LogP contribution in [0.3, 0.4) is 0 Å². The van der Waals surface area contributed by atoms with Gasteiger partial charge < -0.3 is 10.2 Å². The van der Waals surface area contributed by atoms with E-state index in [1.54, 1.807) is 0 Å². The minimum atomic E-state index is -3.63. The van der Waals surface area contributed by atoms with E-state index < -0.39 is 22.1 Å². The number of aliphatic carboxylic acids is 1. The third kappa shape index (κ3) is 3.20. The molecule has 1 fully saturated rings. The maximum atomic E-state index is 12.4. The molecule has 20 heavy (non-hydrogen) atoms. The molecule has 112 valence electrons. The molecule has 2 rings (SSSR count). The average Bonchev–Trinajstić information content (AvgIpc) is 2.80. The van der Waals surface area contributed by atoms with Gasteiger partial charge in [-0.15, -0.1) is 11.3 Å².